The highest BCUT2D eigenvalue weighted by molar-refractivity contribution is 5.27. The van der Waals surface area contributed by atoms with Crippen LogP contribution in [0.3, 0.4) is 0 Å². The van der Waals surface area contributed by atoms with Crippen LogP contribution in [0.25, 0.3) is 0 Å². The maximum absolute atomic E-state index is 6.29. The van der Waals surface area contributed by atoms with Gasteiger partial charge >= 0.3 is 0 Å². The standard InChI is InChI=1S/C14H27N3/c1-10-13(11(2)17(6)16-10)12(15)8-7-9-14(3,4)5/h12H,7-9,15H2,1-6H3. The molecule has 1 atom stereocenters. The van der Waals surface area contributed by atoms with Crippen molar-refractivity contribution in [2.45, 2.75) is 59.9 Å². The predicted octanol–water partition coefficient (Wildman–Crippen LogP) is 3.25. The van der Waals surface area contributed by atoms with E-state index in [1.807, 2.05) is 18.7 Å². The topological polar surface area (TPSA) is 43.8 Å². The summed E-state index contributed by atoms with van der Waals surface area (Å²) in [5.41, 5.74) is 10.2. The summed E-state index contributed by atoms with van der Waals surface area (Å²) in [6.07, 6.45) is 3.45. The summed E-state index contributed by atoms with van der Waals surface area (Å²) in [7, 11) is 1.98. The van der Waals surface area contributed by atoms with Crippen molar-refractivity contribution in [2.24, 2.45) is 18.2 Å². The second-order valence-electron chi connectivity index (χ2n) is 6.27. The number of hydrogen-bond donors (Lipinski definition) is 1. The summed E-state index contributed by atoms with van der Waals surface area (Å²) in [5.74, 6) is 0. The molecule has 1 aromatic rings. The quantitative estimate of drug-likeness (QED) is 0.873. The number of rotatable bonds is 4. The number of aryl methyl sites for hydroxylation is 2. The minimum Gasteiger partial charge on any atom is -0.324 e. The van der Waals surface area contributed by atoms with Crippen LogP contribution in [0.2, 0.25) is 0 Å². The maximum Gasteiger partial charge on any atom is 0.0644 e. The van der Waals surface area contributed by atoms with E-state index in [4.69, 9.17) is 5.73 Å². The molecule has 2 N–H and O–H groups in total. The third kappa shape index (κ3) is 3.84. The van der Waals surface area contributed by atoms with Crippen molar-refractivity contribution in [3.63, 3.8) is 0 Å². The normalized spacial score (nSPS) is 14.1. The minimum atomic E-state index is 0.131. The largest absolute Gasteiger partial charge is 0.324 e. The Balaban J connectivity index is 2.61. The molecule has 0 radical (unpaired) electrons. The molecule has 0 aliphatic rings. The first-order valence-corrected chi connectivity index (χ1v) is 6.48. The van der Waals surface area contributed by atoms with Gasteiger partial charge in [-0.3, -0.25) is 4.68 Å². The molecule has 1 heterocycles. The van der Waals surface area contributed by atoms with Gasteiger partial charge in [-0.25, -0.2) is 0 Å². The van der Waals surface area contributed by atoms with Crippen molar-refractivity contribution >= 4 is 0 Å². The van der Waals surface area contributed by atoms with Gasteiger partial charge in [-0.05, 0) is 32.1 Å². The third-order valence-electron chi connectivity index (χ3n) is 3.38. The average molecular weight is 237 g/mol. The fourth-order valence-electron chi connectivity index (χ4n) is 2.32. The van der Waals surface area contributed by atoms with E-state index < -0.39 is 0 Å². The highest BCUT2D eigenvalue weighted by Crippen LogP contribution is 2.27. The second-order valence-corrected chi connectivity index (χ2v) is 6.27. The van der Waals surface area contributed by atoms with Crippen molar-refractivity contribution in [2.75, 3.05) is 0 Å². The molecule has 0 aliphatic heterocycles. The summed E-state index contributed by atoms with van der Waals surface area (Å²) in [4.78, 5) is 0. The molecule has 0 saturated heterocycles. The number of aromatic nitrogens is 2. The van der Waals surface area contributed by atoms with E-state index in [0.717, 1.165) is 12.1 Å². The van der Waals surface area contributed by atoms with Crippen LogP contribution in [-0.4, -0.2) is 9.78 Å². The lowest BCUT2D eigenvalue weighted by Crippen LogP contribution is -2.14. The van der Waals surface area contributed by atoms with E-state index in [-0.39, 0.29) is 6.04 Å². The molecule has 17 heavy (non-hydrogen) atoms. The first kappa shape index (κ1) is 14.2. The van der Waals surface area contributed by atoms with Gasteiger partial charge in [0, 0.05) is 24.3 Å². The molecule has 1 rings (SSSR count). The lowest BCUT2D eigenvalue weighted by molar-refractivity contribution is 0.353. The molecule has 0 spiro atoms. The van der Waals surface area contributed by atoms with Crippen LogP contribution in [-0.2, 0) is 7.05 Å². The number of nitrogens with zero attached hydrogens (tertiary/aromatic N) is 2. The number of hydrogen-bond acceptors (Lipinski definition) is 2. The molecule has 0 aliphatic carbocycles. The van der Waals surface area contributed by atoms with Crippen LogP contribution in [0.5, 0.6) is 0 Å². The van der Waals surface area contributed by atoms with Crippen molar-refractivity contribution in [3.8, 4) is 0 Å². The smallest absolute Gasteiger partial charge is 0.0644 e. The second kappa shape index (κ2) is 5.21. The molecule has 3 heteroatoms. The van der Waals surface area contributed by atoms with Gasteiger partial charge in [-0.2, -0.15) is 5.10 Å². The Hall–Kier alpha value is -0.830. The zero-order valence-electron chi connectivity index (χ0n) is 12.2. The first-order valence-electron chi connectivity index (χ1n) is 6.48. The Labute approximate surface area is 105 Å². The summed E-state index contributed by atoms with van der Waals surface area (Å²) in [5, 5.41) is 4.43. The molecule has 0 bridgehead atoms. The zero-order valence-corrected chi connectivity index (χ0v) is 12.2. The van der Waals surface area contributed by atoms with Crippen molar-refractivity contribution < 1.29 is 0 Å². The molecule has 3 nitrogen and oxygen atoms in total. The average Bonchev–Trinajstić information content (AvgIpc) is 2.38. The van der Waals surface area contributed by atoms with Crippen molar-refractivity contribution in [1.82, 2.24) is 9.78 Å². The Morgan fingerprint density at radius 3 is 2.29 bits per heavy atom. The minimum absolute atomic E-state index is 0.131. The summed E-state index contributed by atoms with van der Waals surface area (Å²) in [6.45, 7) is 11.0. The van der Waals surface area contributed by atoms with Gasteiger partial charge in [0.25, 0.3) is 0 Å². The van der Waals surface area contributed by atoms with Crippen molar-refractivity contribution in [1.29, 1.82) is 0 Å². The third-order valence-corrected chi connectivity index (χ3v) is 3.38. The first-order chi connectivity index (χ1) is 7.72. The van der Waals surface area contributed by atoms with E-state index in [2.05, 4.69) is 32.8 Å². The van der Waals surface area contributed by atoms with Crippen molar-refractivity contribution in [3.05, 3.63) is 17.0 Å². The highest BCUT2D eigenvalue weighted by atomic mass is 15.3. The Morgan fingerprint density at radius 1 is 1.29 bits per heavy atom. The van der Waals surface area contributed by atoms with Crippen LogP contribution in [0.1, 0.15) is 63.0 Å². The fraction of sp³-hybridized carbons (Fsp3) is 0.786. The molecular weight excluding hydrogens is 210 g/mol. The Bertz CT molecular complexity index is 372. The monoisotopic (exact) mass is 237 g/mol. The molecule has 0 amide bonds. The maximum atomic E-state index is 6.29. The highest BCUT2D eigenvalue weighted by Gasteiger charge is 2.17. The number of nitrogens with two attached hydrogens (primary N) is 1. The van der Waals surface area contributed by atoms with Gasteiger partial charge in [-0.1, -0.05) is 27.2 Å². The predicted molar refractivity (Wildman–Crippen MR) is 72.9 cm³/mol. The molecular formula is C14H27N3. The molecule has 98 valence electrons. The van der Waals surface area contributed by atoms with Gasteiger partial charge in [-0.15, -0.1) is 0 Å². The van der Waals surface area contributed by atoms with Crippen LogP contribution < -0.4 is 5.73 Å². The van der Waals surface area contributed by atoms with Gasteiger partial charge in [0.15, 0.2) is 0 Å². The van der Waals surface area contributed by atoms with E-state index in [1.165, 1.54) is 24.1 Å². The fourth-order valence-corrected chi connectivity index (χ4v) is 2.32. The molecule has 0 fully saturated rings. The van der Waals surface area contributed by atoms with E-state index in [9.17, 15) is 0 Å². The van der Waals surface area contributed by atoms with Gasteiger partial charge < -0.3 is 5.73 Å². The zero-order chi connectivity index (χ0) is 13.2. The van der Waals surface area contributed by atoms with Gasteiger partial charge in [0.1, 0.15) is 0 Å². The lowest BCUT2D eigenvalue weighted by Gasteiger charge is -2.19. The lowest BCUT2D eigenvalue weighted by atomic mass is 9.88. The summed E-state index contributed by atoms with van der Waals surface area (Å²) < 4.78 is 1.92. The molecule has 0 saturated carbocycles. The summed E-state index contributed by atoms with van der Waals surface area (Å²) >= 11 is 0. The van der Waals surface area contributed by atoms with Gasteiger partial charge in [0.05, 0.1) is 5.69 Å². The van der Waals surface area contributed by atoms with E-state index in [0.29, 0.717) is 5.41 Å². The molecule has 1 aromatic heterocycles. The van der Waals surface area contributed by atoms with E-state index >= 15 is 0 Å². The van der Waals surface area contributed by atoms with Crippen LogP contribution in [0, 0.1) is 19.3 Å². The molecule has 1 unspecified atom stereocenters. The van der Waals surface area contributed by atoms with Crippen LogP contribution in [0.15, 0.2) is 0 Å². The Kier molecular flexibility index (Phi) is 4.36. The van der Waals surface area contributed by atoms with E-state index in [1.54, 1.807) is 0 Å². The molecule has 0 aromatic carbocycles. The van der Waals surface area contributed by atoms with Crippen LogP contribution >= 0.6 is 0 Å². The summed E-state index contributed by atoms with van der Waals surface area (Å²) in [6, 6.07) is 0.131. The SMILES string of the molecule is Cc1nn(C)c(C)c1C(N)CCCC(C)(C)C. The Morgan fingerprint density at radius 2 is 1.88 bits per heavy atom. The van der Waals surface area contributed by atoms with Crippen LogP contribution in [0.4, 0.5) is 0 Å². The van der Waals surface area contributed by atoms with Gasteiger partial charge in [0.2, 0.25) is 0 Å².